The van der Waals surface area contributed by atoms with Gasteiger partial charge in [0.15, 0.2) is 0 Å². The Bertz CT molecular complexity index is 656. The summed E-state index contributed by atoms with van der Waals surface area (Å²) in [5, 5.41) is 14.7. The fourth-order valence-electron chi connectivity index (χ4n) is 2.16. The summed E-state index contributed by atoms with van der Waals surface area (Å²) in [5.74, 6) is 0.397. The highest BCUT2D eigenvalue weighted by molar-refractivity contribution is 6.31. The normalized spacial score (nSPS) is 10.7. The van der Waals surface area contributed by atoms with Gasteiger partial charge in [-0.25, -0.2) is 0 Å². The maximum Gasteiger partial charge on any atom is 0.269 e. The number of anilines is 1. The number of benzene rings is 2. The number of hydrogen-bond donors (Lipinski definition) is 1. The Morgan fingerprint density at radius 1 is 1.24 bits per heavy atom. The SMILES string of the molecule is CC(C)c1ccccc1NCc1cc([N+](=O)[O-])ccc1Cl. The summed E-state index contributed by atoms with van der Waals surface area (Å²) in [4.78, 5) is 10.4. The Morgan fingerprint density at radius 3 is 2.62 bits per heavy atom. The van der Waals surface area contributed by atoms with Gasteiger partial charge in [-0.05, 0) is 29.2 Å². The van der Waals surface area contributed by atoms with Crippen LogP contribution >= 0.6 is 11.6 Å². The van der Waals surface area contributed by atoms with Crippen LogP contribution < -0.4 is 5.32 Å². The molecule has 0 saturated heterocycles. The van der Waals surface area contributed by atoms with Gasteiger partial charge in [0, 0.05) is 29.4 Å². The number of halogens is 1. The first-order chi connectivity index (χ1) is 9.99. The van der Waals surface area contributed by atoms with Gasteiger partial charge >= 0.3 is 0 Å². The fourth-order valence-corrected chi connectivity index (χ4v) is 2.35. The average molecular weight is 305 g/mol. The molecule has 0 fully saturated rings. The molecule has 0 aromatic heterocycles. The van der Waals surface area contributed by atoms with Crippen molar-refractivity contribution in [1.82, 2.24) is 0 Å². The molecule has 5 heteroatoms. The number of nitrogens with one attached hydrogen (secondary N) is 1. The van der Waals surface area contributed by atoms with E-state index in [1.54, 1.807) is 6.07 Å². The highest BCUT2D eigenvalue weighted by Crippen LogP contribution is 2.26. The molecule has 2 rings (SSSR count). The number of para-hydroxylation sites is 1. The summed E-state index contributed by atoms with van der Waals surface area (Å²) >= 11 is 6.11. The number of rotatable bonds is 5. The van der Waals surface area contributed by atoms with Gasteiger partial charge in [-0.2, -0.15) is 0 Å². The van der Waals surface area contributed by atoms with E-state index in [1.165, 1.54) is 17.7 Å². The molecule has 110 valence electrons. The molecule has 0 amide bonds. The largest absolute Gasteiger partial charge is 0.381 e. The molecule has 0 aliphatic carbocycles. The Morgan fingerprint density at radius 2 is 1.95 bits per heavy atom. The molecule has 0 aliphatic heterocycles. The van der Waals surface area contributed by atoms with Crippen LogP contribution in [0.4, 0.5) is 11.4 Å². The molecular formula is C16H17ClN2O2. The lowest BCUT2D eigenvalue weighted by atomic mass is 10.0. The van der Waals surface area contributed by atoms with Crippen LogP contribution in [0.25, 0.3) is 0 Å². The molecule has 1 N–H and O–H groups in total. The van der Waals surface area contributed by atoms with Crippen LogP contribution in [-0.2, 0) is 6.54 Å². The maximum absolute atomic E-state index is 10.8. The second-order valence-corrected chi connectivity index (χ2v) is 5.54. The standard InChI is InChI=1S/C16H17ClN2O2/c1-11(2)14-5-3-4-6-16(14)18-10-12-9-13(19(20)21)7-8-15(12)17/h3-9,11,18H,10H2,1-2H3. The van der Waals surface area contributed by atoms with Crippen molar-refractivity contribution < 1.29 is 4.92 Å². The van der Waals surface area contributed by atoms with Crippen LogP contribution in [0.1, 0.15) is 30.9 Å². The highest BCUT2D eigenvalue weighted by atomic mass is 35.5. The molecular weight excluding hydrogens is 288 g/mol. The van der Waals surface area contributed by atoms with Gasteiger partial charge in [0.25, 0.3) is 5.69 Å². The first kappa shape index (κ1) is 15.3. The van der Waals surface area contributed by atoms with E-state index in [0.717, 1.165) is 5.69 Å². The Balaban J connectivity index is 2.20. The first-order valence-electron chi connectivity index (χ1n) is 6.74. The van der Waals surface area contributed by atoms with Gasteiger partial charge in [-0.15, -0.1) is 0 Å². The van der Waals surface area contributed by atoms with Crippen molar-refractivity contribution in [3.63, 3.8) is 0 Å². The van der Waals surface area contributed by atoms with Crippen LogP contribution in [0.5, 0.6) is 0 Å². The Kier molecular flexibility index (Phi) is 4.81. The summed E-state index contributed by atoms with van der Waals surface area (Å²) in [6.45, 7) is 4.70. The van der Waals surface area contributed by atoms with Crippen molar-refractivity contribution in [2.24, 2.45) is 0 Å². The molecule has 0 radical (unpaired) electrons. The molecule has 0 saturated carbocycles. The topological polar surface area (TPSA) is 55.2 Å². The lowest BCUT2D eigenvalue weighted by molar-refractivity contribution is -0.384. The predicted octanol–water partition coefficient (Wildman–Crippen LogP) is 4.98. The van der Waals surface area contributed by atoms with E-state index >= 15 is 0 Å². The van der Waals surface area contributed by atoms with Crippen molar-refractivity contribution in [3.05, 3.63) is 68.7 Å². The van der Waals surface area contributed by atoms with E-state index in [1.807, 2.05) is 18.2 Å². The van der Waals surface area contributed by atoms with Crippen LogP contribution in [0.3, 0.4) is 0 Å². The van der Waals surface area contributed by atoms with Gasteiger partial charge in [-0.3, -0.25) is 10.1 Å². The number of nitro benzene ring substituents is 1. The van der Waals surface area contributed by atoms with Gasteiger partial charge in [0.2, 0.25) is 0 Å². The van der Waals surface area contributed by atoms with E-state index < -0.39 is 4.92 Å². The summed E-state index contributed by atoms with van der Waals surface area (Å²) in [6.07, 6.45) is 0. The van der Waals surface area contributed by atoms with E-state index in [9.17, 15) is 10.1 Å². The molecule has 2 aromatic rings. The quantitative estimate of drug-likeness (QED) is 0.626. The van der Waals surface area contributed by atoms with E-state index in [0.29, 0.717) is 23.0 Å². The zero-order valence-corrected chi connectivity index (χ0v) is 12.7. The molecule has 0 aliphatic rings. The molecule has 0 spiro atoms. The minimum atomic E-state index is -0.415. The second kappa shape index (κ2) is 6.59. The fraction of sp³-hybridized carbons (Fsp3) is 0.250. The number of nitrogens with zero attached hydrogens (tertiary/aromatic N) is 1. The van der Waals surface area contributed by atoms with Crippen molar-refractivity contribution in [2.45, 2.75) is 26.3 Å². The Hall–Kier alpha value is -2.07. The van der Waals surface area contributed by atoms with Crippen molar-refractivity contribution >= 4 is 23.0 Å². The molecule has 0 bridgehead atoms. The third kappa shape index (κ3) is 3.73. The molecule has 0 heterocycles. The van der Waals surface area contributed by atoms with Crippen molar-refractivity contribution in [1.29, 1.82) is 0 Å². The smallest absolute Gasteiger partial charge is 0.269 e. The van der Waals surface area contributed by atoms with Crippen LogP contribution in [0, 0.1) is 10.1 Å². The minimum absolute atomic E-state index is 0.0494. The molecule has 21 heavy (non-hydrogen) atoms. The van der Waals surface area contributed by atoms with Gasteiger partial charge < -0.3 is 5.32 Å². The maximum atomic E-state index is 10.8. The zero-order valence-electron chi connectivity index (χ0n) is 12.0. The van der Waals surface area contributed by atoms with Gasteiger partial charge in [0.1, 0.15) is 0 Å². The predicted molar refractivity (Wildman–Crippen MR) is 86.0 cm³/mol. The summed E-state index contributed by atoms with van der Waals surface area (Å²) in [6, 6.07) is 12.5. The number of non-ortho nitro benzene ring substituents is 1. The number of nitro groups is 1. The Labute approximate surface area is 128 Å². The molecule has 2 aromatic carbocycles. The van der Waals surface area contributed by atoms with Crippen molar-refractivity contribution in [2.75, 3.05) is 5.32 Å². The average Bonchev–Trinajstić information content (AvgIpc) is 2.46. The third-order valence-electron chi connectivity index (χ3n) is 3.29. The van der Waals surface area contributed by atoms with Crippen LogP contribution in [-0.4, -0.2) is 4.92 Å². The third-order valence-corrected chi connectivity index (χ3v) is 3.66. The monoisotopic (exact) mass is 304 g/mol. The molecule has 0 unspecified atom stereocenters. The summed E-state index contributed by atoms with van der Waals surface area (Å²) in [5.41, 5.74) is 2.99. The number of hydrogen-bond acceptors (Lipinski definition) is 3. The van der Waals surface area contributed by atoms with E-state index in [2.05, 4.69) is 25.2 Å². The van der Waals surface area contributed by atoms with Crippen LogP contribution in [0.15, 0.2) is 42.5 Å². The summed E-state index contributed by atoms with van der Waals surface area (Å²) < 4.78 is 0. The van der Waals surface area contributed by atoms with Gasteiger partial charge in [-0.1, -0.05) is 43.6 Å². The van der Waals surface area contributed by atoms with Crippen LogP contribution in [0.2, 0.25) is 5.02 Å². The molecule has 0 atom stereocenters. The minimum Gasteiger partial charge on any atom is -0.381 e. The van der Waals surface area contributed by atoms with E-state index in [-0.39, 0.29) is 5.69 Å². The van der Waals surface area contributed by atoms with Crippen molar-refractivity contribution in [3.8, 4) is 0 Å². The zero-order chi connectivity index (χ0) is 15.4. The first-order valence-corrected chi connectivity index (χ1v) is 7.12. The van der Waals surface area contributed by atoms with Gasteiger partial charge in [0.05, 0.1) is 4.92 Å². The highest BCUT2D eigenvalue weighted by Gasteiger charge is 2.11. The molecule has 4 nitrogen and oxygen atoms in total. The summed E-state index contributed by atoms with van der Waals surface area (Å²) in [7, 11) is 0. The lowest BCUT2D eigenvalue weighted by Gasteiger charge is -2.15. The van der Waals surface area contributed by atoms with E-state index in [4.69, 9.17) is 11.6 Å². The second-order valence-electron chi connectivity index (χ2n) is 5.13. The lowest BCUT2D eigenvalue weighted by Crippen LogP contribution is -2.04.